The lowest BCUT2D eigenvalue weighted by Crippen LogP contribution is -2.39. The van der Waals surface area contributed by atoms with Gasteiger partial charge in [-0.3, -0.25) is 9.36 Å². The Morgan fingerprint density at radius 3 is 2.93 bits per heavy atom. The Balaban J connectivity index is 1.94. The van der Waals surface area contributed by atoms with E-state index in [4.69, 9.17) is 9.15 Å². The first-order valence-electron chi connectivity index (χ1n) is 8.58. The van der Waals surface area contributed by atoms with Crippen molar-refractivity contribution in [1.29, 1.82) is 0 Å². The van der Waals surface area contributed by atoms with E-state index in [1.165, 1.54) is 22.7 Å². The first kappa shape index (κ1) is 20.8. The van der Waals surface area contributed by atoms with Gasteiger partial charge in [0.05, 0.1) is 26.9 Å². The van der Waals surface area contributed by atoms with Crippen LogP contribution in [0.1, 0.15) is 30.5 Å². The molecule has 0 spiro atoms. The van der Waals surface area contributed by atoms with E-state index in [2.05, 4.69) is 43.5 Å². The van der Waals surface area contributed by atoms with Crippen molar-refractivity contribution in [3.05, 3.63) is 73.4 Å². The van der Waals surface area contributed by atoms with Crippen LogP contribution in [0.5, 0.6) is 0 Å². The van der Waals surface area contributed by atoms with Crippen molar-refractivity contribution in [3.8, 4) is 0 Å². The standard InChI is InChI=1S/C19H14BrIN2O4S2/c1-3-26-18(25)14-9(2)22-19-23(15(14)12-5-4-6-28-12)17(24)13(29-19)8-10-7-11(20)16(21)27-10/h4-8,15H,3H2,1-2H3/b13-8+. The van der Waals surface area contributed by atoms with E-state index in [9.17, 15) is 9.59 Å². The number of thiazole rings is 1. The summed E-state index contributed by atoms with van der Waals surface area (Å²) in [6.45, 7) is 3.78. The maximum absolute atomic E-state index is 13.3. The number of allylic oxidation sites excluding steroid dienone is 1. The highest BCUT2D eigenvalue weighted by Gasteiger charge is 2.33. The summed E-state index contributed by atoms with van der Waals surface area (Å²) in [6.07, 6.45) is 1.70. The first-order valence-corrected chi connectivity index (χ1v) is 12.2. The van der Waals surface area contributed by atoms with Crippen LogP contribution in [-0.4, -0.2) is 17.1 Å². The molecule has 4 rings (SSSR count). The number of halogens is 2. The predicted octanol–water partition coefficient (Wildman–Crippen LogP) is 3.82. The summed E-state index contributed by atoms with van der Waals surface area (Å²) in [5.74, 6) is 0.117. The molecule has 6 nitrogen and oxygen atoms in total. The quantitative estimate of drug-likeness (QED) is 0.335. The van der Waals surface area contributed by atoms with Crippen LogP contribution in [0.2, 0.25) is 0 Å². The van der Waals surface area contributed by atoms with Crippen molar-refractivity contribution < 1.29 is 13.9 Å². The van der Waals surface area contributed by atoms with E-state index in [-0.39, 0.29) is 12.2 Å². The van der Waals surface area contributed by atoms with E-state index in [0.717, 1.165) is 9.35 Å². The molecule has 0 fully saturated rings. The molecule has 1 unspecified atom stereocenters. The van der Waals surface area contributed by atoms with Crippen LogP contribution in [0.4, 0.5) is 0 Å². The van der Waals surface area contributed by atoms with Crippen LogP contribution in [0.15, 0.2) is 53.5 Å². The highest BCUT2D eigenvalue weighted by atomic mass is 127. The van der Waals surface area contributed by atoms with Gasteiger partial charge in [-0.05, 0) is 47.3 Å². The molecule has 1 aliphatic heterocycles. The fourth-order valence-corrected chi connectivity index (χ4v) is 5.64. The second-order valence-corrected chi connectivity index (χ2v) is 9.91. The molecule has 0 N–H and O–H groups in total. The molecule has 3 aromatic heterocycles. The van der Waals surface area contributed by atoms with Gasteiger partial charge >= 0.3 is 5.97 Å². The molecule has 0 saturated carbocycles. The number of fused-ring (bicyclic) bond motifs is 1. The van der Waals surface area contributed by atoms with Gasteiger partial charge in [0.15, 0.2) is 8.57 Å². The highest BCUT2D eigenvalue weighted by molar-refractivity contribution is 14.1. The summed E-state index contributed by atoms with van der Waals surface area (Å²) in [4.78, 5) is 32.0. The van der Waals surface area contributed by atoms with Crippen molar-refractivity contribution >= 4 is 73.2 Å². The summed E-state index contributed by atoms with van der Waals surface area (Å²) in [5.41, 5.74) is 0.734. The van der Waals surface area contributed by atoms with Crippen LogP contribution < -0.4 is 14.9 Å². The molecule has 150 valence electrons. The molecule has 0 aromatic carbocycles. The summed E-state index contributed by atoms with van der Waals surface area (Å²) >= 11 is 8.25. The molecule has 29 heavy (non-hydrogen) atoms. The number of ether oxygens (including phenoxy) is 1. The number of thiophene rings is 1. The minimum atomic E-state index is -0.559. The Bertz CT molecular complexity index is 1280. The zero-order valence-corrected chi connectivity index (χ0v) is 20.6. The smallest absolute Gasteiger partial charge is 0.338 e. The van der Waals surface area contributed by atoms with Crippen LogP contribution >= 0.6 is 61.2 Å². The van der Waals surface area contributed by atoms with Crippen LogP contribution in [-0.2, 0) is 9.53 Å². The Morgan fingerprint density at radius 1 is 1.52 bits per heavy atom. The third-order valence-electron chi connectivity index (χ3n) is 4.27. The lowest BCUT2D eigenvalue weighted by molar-refractivity contribution is -0.139. The fourth-order valence-electron chi connectivity index (χ4n) is 3.07. The minimum Gasteiger partial charge on any atom is -0.463 e. The Labute approximate surface area is 195 Å². The fraction of sp³-hybridized carbons (Fsp3) is 0.211. The van der Waals surface area contributed by atoms with Crippen molar-refractivity contribution in [3.63, 3.8) is 0 Å². The minimum absolute atomic E-state index is 0.219. The highest BCUT2D eigenvalue weighted by Crippen LogP contribution is 2.33. The summed E-state index contributed by atoms with van der Waals surface area (Å²) in [6, 6.07) is 5.06. The summed E-state index contributed by atoms with van der Waals surface area (Å²) in [7, 11) is 0. The average molecular weight is 605 g/mol. The van der Waals surface area contributed by atoms with Crippen molar-refractivity contribution in [1.82, 2.24) is 4.57 Å². The zero-order chi connectivity index (χ0) is 20.7. The number of hydrogen-bond acceptors (Lipinski definition) is 7. The second kappa shape index (κ2) is 8.32. The van der Waals surface area contributed by atoms with Crippen molar-refractivity contribution in [2.75, 3.05) is 6.61 Å². The molecule has 3 aromatic rings. The van der Waals surface area contributed by atoms with E-state index in [1.807, 2.05) is 23.6 Å². The van der Waals surface area contributed by atoms with E-state index in [0.29, 0.717) is 30.1 Å². The van der Waals surface area contributed by atoms with Gasteiger partial charge in [0.1, 0.15) is 11.8 Å². The predicted molar refractivity (Wildman–Crippen MR) is 124 cm³/mol. The van der Waals surface area contributed by atoms with Gasteiger partial charge < -0.3 is 9.15 Å². The second-order valence-electron chi connectivity index (χ2n) is 6.09. The molecule has 0 bridgehead atoms. The van der Waals surface area contributed by atoms with Gasteiger partial charge in [-0.25, -0.2) is 9.79 Å². The maximum atomic E-state index is 13.3. The Kier molecular flexibility index (Phi) is 5.96. The van der Waals surface area contributed by atoms with Crippen molar-refractivity contribution in [2.45, 2.75) is 19.9 Å². The number of esters is 1. The molecule has 4 heterocycles. The van der Waals surface area contributed by atoms with Gasteiger partial charge in [-0.1, -0.05) is 17.4 Å². The van der Waals surface area contributed by atoms with Crippen LogP contribution in [0.3, 0.4) is 0 Å². The van der Waals surface area contributed by atoms with Gasteiger partial charge in [0.2, 0.25) is 0 Å². The largest absolute Gasteiger partial charge is 0.463 e. The molecular weight excluding hydrogens is 591 g/mol. The van der Waals surface area contributed by atoms with Gasteiger partial charge in [-0.15, -0.1) is 11.3 Å². The lowest BCUT2D eigenvalue weighted by atomic mass is 10.0. The summed E-state index contributed by atoms with van der Waals surface area (Å²) in [5, 5.41) is 1.92. The molecule has 0 aliphatic carbocycles. The molecule has 0 amide bonds. The molecule has 10 heteroatoms. The van der Waals surface area contributed by atoms with E-state index < -0.39 is 12.0 Å². The summed E-state index contributed by atoms with van der Waals surface area (Å²) < 4.78 is 14.5. The SMILES string of the molecule is CCOC(=O)C1=C(C)N=c2s/c(=C/c3cc(Br)c(I)o3)c(=O)n2C1c1cccs1. The first-order chi connectivity index (χ1) is 13.9. The number of hydrogen-bond donors (Lipinski definition) is 0. The van der Waals surface area contributed by atoms with E-state index in [1.54, 1.807) is 24.5 Å². The molecule has 0 radical (unpaired) electrons. The van der Waals surface area contributed by atoms with Crippen LogP contribution in [0.25, 0.3) is 6.08 Å². The number of aromatic nitrogens is 1. The molecule has 0 saturated heterocycles. The lowest BCUT2D eigenvalue weighted by Gasteiger charge is -2.23. The van der Waals surface area contributed by atoms with E-state index >= 15 is 0 Å². The van der Waals surface area contributed by atoms with Gasteiger partial charge in [0, 0.05) is 33.5 Å². The van der Waals surface area contributed by atoms with Crippen LogP contribution in [0, 0.1) is 3.77 Å². The van der Waals surface area contributed by atoms with Crippen molar-refractivity contribution in [2.24, 2.45) is 4.99 Å². The molecule has 1 aliphatic rings. The van der Waals surface area contributed by atoms with Gasteiger partial charge in [0.25, 0.3) is 5.56 Å². The number of carbonyl (C=O) groups is 1. The zero-order valence-electron chi connectivity index (χ0n) is 15.3. The number of rotatable bonds is 4. The normalized spacial score (nSPS) is 16.7. The number of carbonyl (C=O) groups excluding carboxylic acids is 1. The monoisotopic (exact) mass is 604 g/mol. The third-order valence-corrected chi connectivity index (χ3v) is 8.31. The Hall–Kier alpha value is -1.50. The maximum Gasteiger partial charge on any atom is 0.338 e. The number of nitrogens with zero attached hydrogens (tertiary/aromatic N) is 2. The van der Waals surface area contributed by atoms with Gasteiger partial charge in [-0.2, -0.15) is 0 Å². The Morgan fingerprint density at radius 2 is 2.31 bits per heavy atom. The average Bonchev–Trinajstić information content (AvgIpc) is 3.36. The molecular formula is C19H14BrIN2O4S2. The number of furan rings is 1. The third kappa shape index (κ3) is 3.82. The topological polar surface area (TPSA) is 73.8 Å². The molecule has 1 atom stereocenters.